The molecule has 55 heavy (non-hydrogen) atoms. The Hall–Kier alpha value is -5.02. The van der Waals surface area contributed by atoms with Gasteiger partial charge in [-0.3, -0.25) is 5.32 Å². The molecule has 0 radical (unpaired) electrons. The van der Waals surface area contributed by atoms with E-state index in [1.165, 1.54) is 18.5 Å². The Balaban J connectivity index is 1.69. The third kappa shape index (κ3) is 18.7. The van der Waals surface area contributed by atoms with Crippen molar-refractivity contribution in [2.45, 2.75) is 124 Å². The molecule has 0 aromatic heterocycles. The molecule has 0 unspecified atom stereocenters. The molecule has 0 fully saturated rings. The molecule has 0 aliphatic carbocycles. The summed E-state index contributed by atoms with van der Waals surface area (Å²) in [6.45, 7) is 11.9. The van der Waals surface area contributed by atoms with E-state index in [0.29, 0.717) is 49.4 Å². The zero-order valence-corrected chi connectivity index (χ0v) is 32.6. The van der Waals surface area contributed by atoms with Crippen LogP contribution in [0.5, 0.6) is 11.5 Å². The monoisotopic (exact) mass is 776 g/mol. The quantitative estimate of drug-likeness (QED) is 0.116. The number of hydrogen-bond acceptors (Lipinski definition) is 7. The first-order chi connectivity index (χ1) is 25.9. The van der Waals surface area contributed by atoms with E-state index in [-0.39, 0.29) is 24.9 Å². The summed E-state index contributed by atoms with van der Waals surface area (Å²) in [5.74, 6) is -0.00299. The Bertz CT molecular complexity index is 1620. The molecule has 0 spiro atoms. The number of ether oxygens (including phenoxy) is 4. The van der Waals surface area contributed by atoms with Gasteiger partial charge >= 0.3 is 24.6 Å². The second-order valence-corrected chi connectivity index (χ2v) is 15.0. The van der Waals surface area contributed by atoms with Gasteiger partial charge in [-0.05, 0) is 96.6 Å². The van der Waals surface area contributed by atoms with Crippen LogP contribution in [0.2, 0.25) is 0 Å². The minimum Gasteiger partial charge on any atom is -0.489 e. The van der Waals surface area contributed by atoms with Gasteiger partial charge < -0.3 is 34.5 Å². The van der Waals surface area contributed by atoms with Gasteiger partial charge in [0.25, 0.3) is 0 Å². The lowest BCUT2D eigenvalue weighted by molar-refractivity contribution is -0.274. The van der Waals surface area contributed by atoms with Crippen molar-refractivity contribution in [2.75, 3.05) is 19.6 Å². The fraction of sp³-hybridized carbons (Fsp3) is 0.564. The van der Waals surface area contributed by atoms with E-state index >= 15 is 0 Å². The van der Waals surface area contributed by atoms with Gasteiger partial charge in [-0.25, -0.2) is 14.4 Å². The van der Waals surface area contributed by atoms with Crippen LogP contribution in [0.1, 0.15) is 103 Å². The predicted octanol–water partition coefficient (Wildman–Crippen LogP) is 8.40. The number of amides is 4. The number of hydrogen-bond donors (Lipinski definition) is 3. The molecule has 2 aromatic rings. The number of aryl methyl sites for hydroxylation is 1. The van der Waals surface area contributed by atoms with Crippen molar-refractivity contribution < 1.29 is 46.5 Å². The van der Waals surface area contributed by atoms with Crippen LogP contribution in [0.25, 0.3) is 0 Å². The zero-order chi connectivity index (χ0) is 40.5. The maximum atomic E-state index is 13.7. The Kier molecular flexibility index (Phi) is 17.1. The van der Waals surface area contributed by atoms with Crippen LogP contribution in [0.15, 0.2) is 52.4 Å². The van der Waals surface area contributed by atoms with Crippen molar-refractivity contribution in [1.29, 1.82) is 0 Å². The highest BCUT2D eigenvalue weighted by atomic mass is 19.4. The lowest BCUT2D eigenvalue weighted by Gasteiger charge is -2.24. The highest BCUT2D eigenvalue weighted by Crippen LogP contribution is 2.28. The number of halogens is 3. The largest absolute Gasteiger partial charge is 0.573 e. The van der Waals surface area contributed by atoms with Gasteiger partial charge in [0, 0.05) is 31.7 Å². The average molecular weight is 777 g/mol. The first-order valence-electron chi connectivity index (χ1n) is 18.6. The molecule has 2 aromatic carbocycles. The number of fused-ring (bicyclic) bond motifs is 2. The number of carbonyl (C=O) groups excluding carboxylic acids is 3. The number of benzene rings is 2. The predicted molar refractivity (Wildman–Crippen MR) is 203 cm³/mol. The van der Waals surface area contributed by atoms with Crippen LogP contribution in [0, 0.1) is 0 Å². The van der Waals surface area contributed by atoms with Crippen LogP contribution < -0.4 is 25.4 Å². The number of alkyl halides is 3. The van der Waals surface area contributed by atoms with Gasteiger partial charge in [0.15, 0.2) is 0 Å². The third-order valence-corrected chi connectivity index (χ3v) is 7.85. The first-order valence-corrected chi connectivity index (χ1v) is 18.6. The maximum absolute atomic E-state index is 13.7. The second kappa shape index (κ2) is 21.2. The Morgan fingerprint density at radius 3 is 2.27 bits per heavy atom. The molecule has 0 saturated heterocycles. The molecule has 1 heterocycles. The molecule has 1 aliphatic heterocycles. The topological polar surface area (TPSA) is 152 Å². The molecule has 0 saturated carbocycles. The van der Waals surface area contributed by atoms with Crippen LogP contribution in [-0.2, 0) is 29.0 Å². The summed E-state index contributed by atoms with van der Waals surface area (Å²) in [5, 5.41) is 8.77. The van der Waals surface area contributed by atoms with Crippen LogP contribution in [-0.4, -0.2) is 72.6 Å². The van der Waals surface area contributed by atoms with E-state index < -0.39 is 35.8 Å². The summed E-state index contributed by atoms with van der Waals surface area (Å²) in [4.78, 5) is 47.5. The SMILES string of the molecule is CC(C)(C)OC(=O)N=CNCCCCCCCCN1CCCc2ccc(OC(F)(F)F)cc2COc2ccccc2CNC(=NC(=O)OC(C)(C)C)NC1=O. The first kappa shape index (κ1) is 44.4. The third-order valence-electron chi connectivity index (χ3n) is 7.85. The average Bonchev–Trinajstić information content (AvgIpc) is 3.06. The van der Waals surface area contributed by atoms with Gasteiger partial charge in [-0.2, -0.15) is 4.99 Å². The molecule has 0 bridgehead atoms. The summed E-state index contributed by atoms with van der Waals surface area (Å²) < 4.78 is 60.0. The van der Waals surface area contributed by atoms with Crippen LogP contribution in [0.4, 0.5) is 27.6 Å². The summed E-state index contributed by atoms with van der Waals surface area (Å²) in [6.07, 6.45) is 1.29. The molecule has 16 heteroatoms. The molecule has 13 nitrogen and oxygen atoms in total. The van der Waals surface area contributed by atoms with E-state index in [1.54, 1.807) is 76.8 Å². The summed E-state index contributed by atoms with van der Waals surface area (Å²) in [7, 11) is 0. The maximum Gasteiger partial charge on any atom is 0.573 e. The molecule has 3 N–H and O–H groups in total. The van der Waals surface area contributed by atoms with Crippen molar-refractivity contribution in [3.05, 3.63) is 59.2 Å². The van der Waals surface area contributed by atoms with Gasteiger partial charge in [-0.1, -0.05) is 49.9 Å². The number of aliphatic imine (C=N–C) groups is 2. The molecule has 3 rings (SSSR count). The van der Waals surface area contributed by atoms with Gasteiger partial charge in [0.05, 0.1) is 6.34 Å². The number of guanidine groups is 1. The molecular formula is C39H55F3N6O7. The number of urea groups is 1. The highest BCUT2D eigenvalue weighted by molar-refractivity contribution is 6.00. The minimum absolute atomic E-state index is 0.0309. The molecule has 0 atom stereocenters. The fourth-order valence-corrected chi connectivity index (χ4v) is 5.43. The van der Waals surface area contributed by atoms with Crippen molar-refractivity contribution in [3.8, 4) is 11.5 Å². The zero-order valence-electron chi connectivity index (χ0n) is 32.6. The summed E-state index contributed by atoms with van der Waals surface area (Å²) >= 11 is 0. The van der Waals surface area contributed by atoms with Crippen LogP contribution >= 0.6 is 0 Å². The normalized spacial score (nSPS) is 15.4. The number of carbonyl (C=O) groups is 3. The number of nitrogens with one attached hydrogen (secondary N) is 3. The molecule has 4 amide bonds. The van der Waals surface area contributed by atoms with Crippen LogP contribution in [0.3, 0.4) is 0 Å². The van der Waals surface area contributed by atoms with Crippen molar-refractivity contribution >= 4 is 30.5 Å². The number of nitrogens with zero attached hydrogens (tertiary/aromatic N) is 3. The Morgan fingerprint density at radius 2 is 1.56 bits per heavy atom. The molecule has 304 valence electrons. The molecule has 1 aliphatic rings. The van der Waals surface area contributed by atoms with Crippen molar-refractivity contribution in [2.24, 2.45) is 9.98 Å². The minimum atomic E-state index is -4.85. The summed E-state index contributed by atoms with van der Waals surface area (Å²) in [6, 6.07) is 10.8. The number of para-hydroxylation sites is 1. The Labute approximate surface area is 321 Å². The van der Waals surface area contributed by atoms with E-state index in [2.05, 4.69) is 30.7 Å². The smallest absolute Gasteiger partial charge is 0.489 e. The Morgan fingerprint density at radius 1 is 0.891 bits per heavy atom. The number of unbranched alkanes of at least 4 members (excludes halogenated alkanes) is 5. The van der Waals surface area contributed by atoms with E-state index in [4.69, 9.17) is 14.2 Å². The van der Waals surface area contributed by atoms with E-state index in [0.717, 1.165) is 44.1 Å². The standard InChI is InChI=1S/C39H55F3N6O7/c1-37(2,3)54-35(50)45-27-43-21-13-9-7-8-10-14-22-48-23-15-17-28-19-20-31(53-39(40,41)42)24-30(28)26-52-32-18-12-11-16-29(32)25-44-33(46-34(48)49)47-36(51)55-38(4,5)6/h11-12,16,18-20,24,27H,7-10,13-15,17,21-23,25-26H2,1-6H3,(H,43,45,50)(H2,44,46,47,49,51). The van der Waals surface area contributed by atoms with Gasteiger partial charge in [0.2, 0.25) is 5.96 Å². The molecular weight excluding hydrogens is 721 g/mol. The lowest BCUT2D eigenvalue weighted by atomic mass is 10.0. The van der Waals surface area contributed by atoms with Gasteiger partial charge in [0.1, 0.15) is 29.3 Å². The van der Waals surface area contributed by atoms with Gasteiger partial charge in [-0.15, -0.1) is 18.2 Å². The lowest BCUT2D eigenvalue weighted by Crippen LogP contribution is -2.48. The van der Waals surface area contributed by atoms with Crippen molar-refractivity contribution in [1.82, 2.24) is 20.9 Å². The van der Waals surface area contributed by atoms with Crippen molar-refractivity contribution in [3.63, 3.8) is 0 Å². The number of rotatable bonds is 11. The second-order valence-electron chi connectivity index (χ2n) is 15.0. The fourth-order valence-electron chi connectivity index (χ4n) is 5.43. The van der Waals surface area contributed by atoms with E-state index in [1.807, 2.05) is 0 Å². The summed E-state index contributed by atoms with van der Waals surface area (Å²) in [5.41, 5.74) is 0.517. The van der Waals surface area contributed by atoms with E-state index in [9.17, 15) is 27.6 Å². The highest BCUT2D eigenvalue weighted by Gasteiger charge is 2.31.